The molecule has 5 heteroatoms. The summed E-state index contributed by atoms with van der Waals surface area (Å²) >= 11 is 3.00. The molecule has 1 heterocycles. The van der Waals surface area contributed by atoms with Crippen LogP contribution < -0.4 is 0 Å². The van der Waals surface area contributed by atoms with Crippen molar-refractivity contribution in [2.45, 2.75) is 6.18 Å². The molecule has 1 rings (SSSR count). The van der Waals surface area contributed by atoms with Crippen molar-refractivity contribution in [2.24, 2.45) is 0 Å². The van der Waals surface area contributed by atoms with Crippen molar-refractivity contribution < 1.29 is 13.2 Å². The summed E-state index contributed by atoms with van der Waals surface area (Å²) in [6, 6.07) is 0. The highest BCUT2D eigenvalue weighted by Crippen LogP contribution is 2.30. The maximum atomic E-state index is 12.1. The third-order valence-corrected chi connectivity index (χ3v) is 1.87. The molecular formula is C7H7BrF3N. The van der Waals surface area contributed by atoms with Crippen molar-refractivity contribution in [1.82, 2.24) is 4.90 Å². The second kappa shape index (κ2) is 3.12. The van der Waals surface area contributed by atoms with Crippen molar-refractivity contribution in [3.8, 4) is 0 Å². The summed E-state index contributed by atoms with van der Waals surface area (Å²) in [5.74, 6) is 0. The zero-order valence-electron chi connectivity index (χ0n) is 6.32. The first-order valence-electron chi connectivity index (χ1n) is 3.25. The topological polar surface area (TPSA) is 3.24 Å². The van der Waals surface area contributed by atoms with Gasteiger partial charge < -0.3 is 4.90 Å². The van der Waals surface area contributed by atoms with E-state index in [4.69, 9.17) is 0 Å². The summed E-state index contributed by atoms with van der Waals surface area (Å²) in [4.78, 5) is 1.48. The lowest BCUT2D eigenvalue weighted by molar-refractivity contribution is -0.0949. The van der Waals surface area contributed by atoms with Crippen molar-refractivity contribution >= 4 is 15.9 Å². The average Bonchev–Trinajstić information content (AvgIpc) is 1.82. The lowest BCUT2D eigenvalue weighted by Gasteiger charge is -2.22. The number of nitrogens with zero attached hydrogens (tertiary/aromatic N) is 1. The van der Waals surface area contributed by atoms with E-state index in [0.29, 0.717) is 4.48 Å². The maximum absolute atomic E-state index is 12.1. The number of halogens is 4. The smallest absolute Gasteiger partial charge is 0.375 e. The highest BCUT2D eigenvalue weighted by atomic mass is 79.9. The van der Waals surface area contributed by atoms with Gasteiger partial charge in [-0.2, -0.15) is 13.2 Å². The van der Waals surface area contributed by atoms with Crippen LogP contribution in [0.15, 0.2) is 22.3 Å². The SMILES string of the molecule is CN1C=C(Br)C=C(C(F)(F)F)C1. The van der Waals surface area contributed by atoms with E-state index >= 15 is 0 Å². The Hall–Kier alpha value is -0.450. The minimum absolute atomic E-state index is 0.0847. The lowest BCUT2D eigenvalue weighted by Crippen LogP contribution is -2.26. The molecule has 0 aromatic heterocycles. The van der Waals surface area contributed by atoms with Crippen LogP contribution in [0.2, 0.25) is 0 Å². The number of hydrogen-bond donors (Lipinski definition) is 0. The fourth-order valence-electron chi connectivity index (χ4n) is 0.946. The van der Waals surface area contributed by atoms with Crippen molar-refractivity contribution in [1.29, 1.82) is 0 Å². The van der Waals surface area contributed by atoms with Gasteiger partial charge in [-0.3, -0.25) is 0 Å². The van der Waals surface area contributed by atoms with Gasteiger partial charge in [0.25, 0.3) is 0 Å². The van der Waals surface area contributed by atoms with E-state index in [0.717, 1.165) is 6.08 Å². The molecule has 0 amide bonds. The zero-order chi connectivity index (χ0) is 9.35. The van der Waals surface area contributed by atoms with E-state index in [1.165, 1.54) is 4.90 Å². The van der Waals surface area contributed by atoms with Crippen LogP contribution in [-0.4, -0.2) is 24.7 Å². The largest absolute Gasteiger partial charge is 0.414 e. The lowest BCUT2D eigenvalue weighted by atomic mass is 10.2. The van der Waals surface area contributed by atoms with Crippen LogP contribution in [0.1, 0.15) is 0 Å². The fourth-order valence-corrected chi connectivity index (χ4v) is 1.57. The number of likely N-dealkylation sites (N-methyl/N-ethyl adjacent to an activating group) is 1. The summed E-state index contributed by atoms with van der Waals surface area (Å²) in [6.45, 7) is -0.0847. The molecular weight excluding hydrogens is 235 g/mol. The quantitative estimate of drug-likeness (QED) is 0.631. The summed E-state index contributed by atoms with van der Waals surface area (Å²) < 4.78 is 36.9. The molecule has 0 aromatic rings. The van der Waals surface area contributed by atoms with Crippen LogP contribution in [-0.2, 0) is 0 Å². The third kappa shape index (κ3) is 2.27. The fraction of sp³-hybridized carbons (Fsp3) is 0.429. The Bertz CT molecular complexity index is 242. The van der Waals surface area contributed by atoms with Gasteiger partial charge in [-0.05, 0) is 22.0 Å². The molecule has 0 aliphatic carbocycles. The summed E-state index contributed by atoms with van der Waals surface area (Å²) in [7, 11) is 1.60. The highest BCUT2D eigenvalue weighted by molar-refractivity contribution is 9.11. The van der Waals surface area contributed by atoms with Gasteiger partial charge in [0, 0.05) is 24.3 Å². The van der Waals surface area contributed by atoms with Crippen LogP contribution in [0.3, 0.4) is 0 Å². The molecule has 68 valence electrons. The normalized spacial score (nSPS) is 18.9. The van der Waals surface area contributed by atoms with Crippen molar-refractivity contribution in [2.75, 3.05) is 13.6 Å². The molecule has 0 saturated heterocycles. The number of alkyl halides is 3. The van der Waals surface area contributed by atoms with E-state index in [1.54, 1.807) is 13.2 Å². The van der Waals surface area contributed by atoms with Crippen molar-refractivity contribution in [3.63, 3.8) is 0 Å². The molecule has 0 radical (unpaired) electrons. The van der Waals surface area contributed by atoms with Gasteiger partial charge in [0.1, 0.15) is 0 Å². The van der Waals surface area contributed by atoms with Gasteiger partial charge in [-0.1, -0.05) is 0 Å². The number of allylic oxidation sites excluding steroid dienone is 2. The summed E-state index contributed by atoms with van der Waals surface area (Å²) in [5.41, 5.74) is -0.528. The van der Waals surface area contributed by atoms with Crippen molar-refractivity contribution in [3.05, 3.63) is 22.3 Å². The predicted octanol–water partition coefficient (Wildman–Crippen LogP) is 2.66. The Morgan fingerprint density at radius 2 is 2.08 bits per heavy atom. The molecule has 0 saturated carbocycles. The Balaban J connectivity index is 2.87. The molecule has 1 aliphatic heterocycles. The minimum Gasteiger partial charge on any atom is -0.375 e. The number of hydrogen-bond acceptors (Lipinski definition) is 1. The van der Waals surface area contributed by atoms with Crippen LogP contribution in [0, 0.1) is 0 Å². The second-order valence-corrected chi connectivity index (χ2v) is 3.51. The van der Waals surface area contributed by atoms with E-state index in [1.807, 2.05) is 0 Å². The molecule has 0 fully saturated rings. The van der Waals surface area contributed by atoms with E-state index in [2.05, 4.69) is 15.9 Å². The number of rotatable bonds is 0. The standard InChI is InChI=1S/C7H7BrF3N/c1-12-3-5(7(9,10)11)2-6(8)4-12/h2,4H,3H2,1H3. The summed E-state index contributed by atoms with van der Waals surface area (Å²) in [5, 5.41) is 0. The van der Waals surface area contributed by atoms with Crippen LogP contribution in [0.4, 0.5) is 13.2 Å². The molecule has 0 aromatic carbocycles. The zero-order valence-corrected chi connectivity index (χ0v) is 7.91. The van der Waals surface area contributed by atoms with Crippen LogP contribution in [0.25, 0.3) is 0 Å². The summed E-state index contributed by atoms with van der Waals surface area (Å²) in [6.07, 6.45) is -1.52. The maximum Gasteiger partial charge on any atom is 0.414 e. The molecule has 0 unspecified atom stereocenters. The monoisotopic (exact) mass is 241 g/mol. The van der Waals surface area contributed by atoms with Gasteiger partial charge in [0.15, 0.2) is 0 Å². The van der Waals surface area contributed by atoms with E-state index < -0.39 is 11.7 Å². The average molecular weight is 242 g/mol. The Kier molecular flexibility index (Phi) is 2.51. The first kappa shape index (κ1) is 9.64. The molecule has 0 spiro atoms. The van der Waals surface area contributed by atoms with Gasteiger partial charge in [-0.25, -0.2) is 0 Å². The third-order valence-electron chi connectivity index (χ3n) is 1.44. The predicted molar refractivity (Wildman–Crippen MR) is 43.8 cm³/mol. The van der Waals surface area contributed by atoms with Crippen LogP contribution in [0.5, 0.6) is 0 Å². The Morgan fingerprint density at radius 1 is 1.50 bits per heavy atom. The van der Waals surface area contributed by atoms with E-state index in [-0.39, 0.29) is 6.54 Å². The Labute approximate surface area is 76.7 Å². The molecule has 0 atom stereocenters. The highest BCUT2D eigenvalue weighted by Gasteiger charge is 2.34. The van der Waals surface area contributed by atoms with Gasteiger partial charge >= 0.3 is 6.18 Å². The molecule has 0 N–H and O–H groups in total. The second-order valence-electron chi connectivity index (χ2n) is 2.60. The molecule has 1 aliphatic rings. The minimum atomic E-state index is -4.22. The first-order chi connectivity index (χ1) is 5.39. The molecule has 1 nitrogen and oxygen atoms in total. The molecule has 0 bridgehead atoms. The molecule has 12 heavy (non-hydrogen) atoms. The van der Waals surface area contributed by atoms with Gasteiger partial charge in [0.2, 0.25) is 0 Å². The van der Waals surface area contributed by atoms with Gasteiger partial charge in [0.05, 0.1) is 5.57 Å². The first-order valence-corrected chi connectivity index (χ1v) is 4.04. The van der Waals surface area contributed by atoms with Gasteiger partial charge in [-0.15, -0.1) is 0 Å². The van der Waals surface area contributed by atoms with Crippen LogP contribution >= 0.6 is 15.9 Å². The Morgan fingerprint density at radius 3 is 2.50 bits per heavy atom. The van der Waals surface area contributed by atoms with E-state index in [9.17, 15) is 13.2 Å².